The van der Waals surface area contributed by atoms with Crippen molar-refractivity contribution in [3.05, 3.63) is 64.7 Å². The van der Waals surface area contributed by atoms with Crippen LogP contribution in [0.1, 0.15) is 0 Å². The molecular formula is C13H11NO5. The SMILES string of the molecule is O=C(O)O.O=[N+]([O-])c1ccccc1-c1ccccc1. The van der Waals surface area contributed by atoms with E-state index in [0.717, 1.165) is 5.56 Å². The molecule has 2 rings (SSSR count). The van der Waals surface area contributed by atoms with Crippen LogP contribution < -0.4 is 0 Å². The highest BCUT2D eigenvalue weighted by atomic mass is 16.6. The minimum absolute atomic E-state index is 0.142. The number of hydrogen-bond acceptors (Lipinski definition) is 3. The topological polar surface area (TPSA) is 101 Å². The second-order valence-corrected chi connectivity index (χ2v) is 3.42. The van der Waals surface area contributed by atoms with Gasteiger partial charge in [0.05, 0.1) is 10.5 Å². The van der Waals surface area contributed by atoms with Crippen LogP contribution >= 0.6 is 0 Å². The summed E-state index contributed by atoms with van der Waals surface area (Å²) in [6, 6.07) is 16.1. The Hall–Kier alpha value is -2.89. The van der Waals surface area contributed by atoms with Crippen molar-refractivity contribution in [1.29, 1.82) is 0 Å². The van der Waals surface area contributed by atoms with Crippen LogP contribution in [-0.4, -0.2) is 21.3 Å². The number of benzene rings is 2. The third kappa shape index (κ3) is 4.47. The normalized spacial score (nSPS) is 9.05. The zero-order valence-corrected chi connectivity index (χ0v) is 9.76. The summed E-state index contributed by atoms with van der Waals surface area (Å²) < 4.78 is 0. The molecule has 0 saturated carbocycles. The molecular weight excluding hydrogens is 250 g/mol. The van der Waals surface area contributed by atoms with Gasteiger partial charge in [0.15, 0.2) is 0 Å². The molecule has 2 aromatic rings. The summed E-state index contributed by atoms with van der Waals surface area (Å²) in [5.74, 6) is 0. The van der Waals surface area contributed by atoms with Crippen LogP contribution in [0.3, 0.4) is 0 Å². The molecule has 0 bridgehead atoms. The van der Waals surface area contributed by atoms with E-state index in [4.69, 9.17) is 15.0 Å². The molecule has 0 aromatic heterocycles. The molecule has 6 nitrogen and oxygen atoms in total. The minimum atomic E-state index is -1.83. The Morgan fingerprint density at radius 3 is 1.95 bits per heavy atom. The third-order valence-electron chi connectivity index (χ3n) is 2.19. The molecule has 0 aliphatic heterocycles. The van der Waals surface area contributed by atoms with Crippen LogP contribution in [0, 0.1) is 10.1 Å². The van der Waals surface area contributed by atoms with Crippen LogP contribution in [0.25, 0.3) is 11.1 Å². The Bertz CT molecular complexity index is 564. The maximum absolute atomic E-state index is 10.8. The quantitative estimate of drug-likeness (QED) is 0.636. The summed E-state index contributed by atoms with van der Waals surface area (Å²) in [5.41, 5.74) is 1.66. The van der Waals surface area contributed by atoms with Crippen molar-refractivity contribution in [2.75, 3.05) is 0 Å². The lowest BCUT2D eigenvalue weighted by molar-refractivity contribution is -0.384. The van der Waals surface area contributed by atoms with Crippen molar-refractivity contribution in [3.8, 4) is 11.1 Å². The molecule has 0 amide bonds. The number of rotatable bonds is 2. The monoisotopic (exact) mass is 261 g/mol. The van der Waals surface area contributed by atoms with Gasteiger partial charge in [0.1, 0.15) is 0 Å². The van der Waals surface area contributed by atoms with Crippen molar-refractivity contribution in [2.24, 2.45) is 0 Å². The largest absolute Gasteiger partial charge is 0.503 e. The lowest BCUT2D eigenvalue weighted by Crippen LogP contribution is -1.90. The van der Waals surface area contributed by atoms with Gasteiger partial charge >= 0.3 is 6.16 Å². The van der Waals surface area contributed by atoms with E-state index in [2.05, 4.69) is 0 Å². The van der Waals surface area contributed by atoms with Gasteiger partial charge in [-0.25, -0.2) is 4.79 Å². The first-order chi connectivity index (χ1) is 9.02. The fourth-order valence-corrected chi connectivity index (χ4v) is 1.49. The van der Waals surface area contributed by atoms with E-state index >= 15 is 0 Å². The summed E-state index contributed by atoms with van der Waals surface area (Å²) >= 11 is 0. The smallest absolute Gasteiger partial charge is 0.450 e. The molecule has 0 atom stereocenters. The van der Waals surface area contributed by atoms with Crippen LogP contribution in [0.15, 0.2) is 54.6 Å². The molecule has 0 aliphatic carbocycles. The summed E-state index contributed by atoms with van der Waals surface area (Å²) in [6.45, 7) is 0. The summed E-state index contributed by atoms with van der Waals surface area (Å²) in [5, 5.41) is 24.7. The van der Waals surface area contributed by atoms with Gasteiger partial charge in [0.25, 0.3) is 5.69 Å². The average molecular weight is 261 g/mol. The number of hydrogen-bond donors (Lipinski definition) is 2. The number of nitro groups is 1. The minimum Gasteiger partial charge on any atom is -0.450 e. The van der Waals surface area contributed by atoms with E-state index in [0.29, 0.717) is 5.56 Å². The number of carbonyl (C=O) groups is 1. The summed E-state index contributed by atoms with van der Waals surface area (Å²) in [6.07, 6.45) is -1.83. The Balaban J connectivity index is 0.000000399. The zero-order chi connectivity index (χ0) is 14.3. The molecule has 2 N–H and O–H groups in total. The molecule has 2 aromatic carbocycles. The molecule has 6 heteroatoms. The predicted octanol–water partition coefficient (Wildman–Crippen LogP) is 3.48. The van der Waals surface area contributed by atoms with Gasteiger partial charge in [0, 0.05) is 6.07 Å². The number of nitro benzene ring substituents is 1. The van der Waals surface area contributed by atoms with Crippen LogP contribution in [0.2, 0.25) is 0 Å². The van der Waals surface area contributed by atoms with Gasteiger partial charge in [-0.2, -0.15) is 0 Å². The van der Waals surface area contributed by atoms with Crippen molar-refractivity contribution in [3.63, 3.8) is 0 Å². The molecule has 0 radical (unpaired) electrons. The molecule has 0 saturated heterocycles. The maximum atomic E-state index is 10.8. The first-order valence-electron chi connectivity index (χ1n) is 5.23. The Morgan fingerprint density at radius 2 is 1.42 bits per heavy atom. The van der Waals surface area contributed by atoms with Crippen molar-refractivity contribution in [2.45, 2.75) is 0 Å². The van der Waals surface area contributed by atoms with Gasteiger partial charge in [-0.15, -0.1) is 0 Å². The first kappa shape index (κ1) is 14.2. The van der Waals surface area contributed by atoms with Crippen LogP contribution in [-0.2, 0) is 0 Å². The fourth-order valence-electron chi connectivity index (χ4n) is 1.49. The highest BCUT2D eigenvalue weighted by molar-refractivity contribution is 5.73. The summed E-state index contributed by atoms with van der Waals surface area (Å²) in [4.78, 5) is 19.0. The Labute approximate surface area is 108 Å². The first-order valence-corrected chi connectivity index (χ1v) is 5.23. The highest BCUT2D eigenvalue weighted by Crippen LogP contribution is 2.28. The van der Waals surface area contributed by atoms with Gasteiger partial charge in [-0.05, 0) is 11.6 Å². The number of nitrogens with zero attached hydrogens (tertiary/aromatic N) is 1. The molecule has 0 spiro atoms. The second kappa shape index (κ2) is 6.75. The second-order valence-electron chi connectivity index (χ2n) is 3.42. The summed E-state index contributed by atoms with van der Waals surface area (Å²) in [7, 11) is 0. The molecule has 0 fully saturated rings. The molecule has 0 unspecified atom stereocenters. The molecule has 0 heterocycles. The van der Waals surface area contributed by atoms with Gasteiger partial charge in [0.2, 0.25) is 0 Å². The van der Waals surface area contributed by atoms with Crippen molar-refractivity contribution >= 4 is 11.8 Å². The molecule has 0 aliphatic rings. The highest BCUT2D eigenvalue weighted by Gasteiger charge is 2.12. The van der Waals surface area contributed by atoms with Crippen molar-refractivity contribution < 1.29 is 19.9 Å². The molecule has 98 valence electrons. The van der Waals surface area contributed by atoms with Crippen molar-refractivity contribution in [1.82, 2.24) is 0 Å². The van der Waals surface area contributed by atoms with E-state index in [1.54, 1.807) is 18.2 Å². The van der Waals surface area contributed by atoms with Gasteiger partial charge in [-0.1, -0.05) is 42.5 Å². The maximum Gasteiger partial charge on any atom is 0.503 e. The standard InChI is InChI=1S/C12H9NO2.CH2O3/c14-13(15)12-9-5-4-8-11(12)10-6-2-1-3-7-10;2-1(3)4/h1-9H;(H2,2,3,4). The fraction of sp³-hybridized carbons (Fsp3) is 0. The Kier molecular flexibility index (Phi) is 5.04. The van der Waals surface area contributed by atoms with E-state index < -0.39 is 6.16 Å². The average Bonchev–Trinajstić information content (AvgIpc) is 2.39. The van der Waals surface area contributed by atoms with E-state index in [-0.39, 0.29) is 10.6 Å². The van der Waals surface area contributed by atoms with Crippen LogP contribution in [0.4, 0.5) is 10.5 Å². The lowest BCUT2D eigenvalue weighted by Gasteiger charge is -2.01. The van der Waals surface area contributed by atoms with E-state index in [1.165, 1.54) is 6.07 Å². The van der Waals surface area contributed by atoms with Gasteiger partial charge < -0.3 is 10.2 Å². The third-order valence-corrected chi connectivity index (χ3v) is 2.19. The zero-order valence-electron chi connectivity index (χ0n) is 9.76. The van der Waals surface area contributed by atoms with Gasteiger partial charge in [-0.3, -0.25) is 10.1 Å². The van der Waals surface area contributed by atoms with E-state index in [9.17, 15) is 10.1 Å². The predicted molar refractivity (Wildman–Crippen MR) is 69.2 cm³/mol. The Morgan fingerprint density at radius 1 is 0.947 bits per heavy atom. The van der Waals surface area contributed by atoms with Crippen LogP contribution in [0.5, 0.6) is 0 Å². The van der Waals surface area contributed by atoms with E-state index in [1.807, 2.05) is 30.3 Å². The number of carboxylic acid groups (broad SMARTS) is 2. The lowest BCUT2D eigenvalue weighted by atomic mass is 10.0. The molecule has 19 heavy (non-hydrogen) atoms. The number of para-hydroxylation sites is 1.